The third kappa shape index (κ3) is 3.96. The lowest BCUT2D eigenvalue weighted by atomic mass is 9.84. The van der Waals surface area contributed by atoms with Crippen molar-refractivity contribution in [3.05, 3.63) is 35.2 Å². The van der Waals surface area contributed by atoms with Crippen molar-refractivity contribution in [1.29, 1.82) is 0 Å². The smallest absolute Gasteiger partial charge is 0.228 e. The Kier molecular flexibility index (Phi) is 5.51. The highest BCUT2D eigenvalue weighted by molar-refractivity contribution is 6.30. The first-order chi connectivity index (χ1) is 11.7. The minimum Gasteiger partial charge on any atom is -0.342 e. The van der Waals surface area contributed by atoms with Gasteiger partial charge in [-0.25, -0.2) is 0 Å². The van der Waals surface area contributed by atoms with Crippen molar-refractivity contribution >= 4 is 17.5 Å². The molecule has 2 aromatic rings. The summed E-state index contributed by atoms with van der Waals surface area (Å²) in [4.78, 5) is 18.8. The number of carbonyl (C=O) groups is 1. The maximum Gasteiger partial charge on any atom is 0.228 e. The van der Waals surface area contributed by atoms with E-state index in [0.717, 1.165) is 31.4 Å². The van der Waals surface area contributed by atoms with Gasteiger partial charge in [0.05, 0.1) is 0 Å². The van der Waals surface area contributed by atoms with Gasteiger partial charge in [0, 0.05) is 36.0 Å². The molecule has 1 aliphatic rings. The summed E-state index contributed by atoms with van der Waals surface area (Å²) in [7, 11) is 0. The van der Waals surface area contributed by atoms with E-state index < -0.39 is 0 Å². The van der Waals surface area contributed by atoms with Crippen LogP contribution in [0.15, 0.2) is 28.8 Å². The van der Waals surface area contributed by atoms with Crippen LogP contribution in [0.5, 0.6) is 0 Å². The van der Waals surface area contributed by atoms with Crippen LogP contribution < -0.4 is 0 Å². The summed E-state index contributed by atoms with van der Waals surface area (Å²) in [5, 5.41) is 4.69. The van der Waals surface area contributed by atoms with Gasteiger partial charge in [0.25, 0.3) is 0 Å². The molecule has 0 saturated heterocycles. The van der Waals surface area contributed by atoms with Gasteiger partial charge in [0.1, 0.15) is 0 Å². The second-order valence-electron chi connectivity index (χ2n) is 6.22. The number of hydrogen-bond acceptors (Lipinski definition) is 4. The number of hydrogen-bond donors (Lipinski definition) is 0. The molecule has 6 heteroatoms. The predicted octanol–water partition coefficient (Wildman–Crippen LogP) is 3.97. The van der Waals surface area contributed by atoms with Crippen LogP contribution in [0.1, 0.15) is 38.5 Å². The first-order valence-corrected chi connectivity index (χ1v) is 8.92. The molecule has 24 heavy (non-hydrogen) atoms. The summed E-state index contributed by atoms with van der Waals surface area (Å²) in [6.07, 6.45) is 4.77. The Morgan fingerprint density at radius 2 is 2.04 bits per heavy atom. The molecule has 128 valence electrons. The molecule has 3 rings (SSSR count). The maximum absolute atomic E-state index is 12.4. The van der Waals surface area contributed by atoms with Crippen LogP contribution in [0.4, 0.5) is 0 Å². The first kappa shape index (κ1) is 17.0. The molecule has 5 nitrogen and oxygen atoms in total. The minimum absolute atomic E-state index is 0.226. The minimum atomic E-state index is 0.226. The molecular weight excluding hydrogens is 326 g/mol. The largest absolute Gasteiger partial charge is 0.342 e. The van der Waals surface area contributed by atoms with E-state index in [1.54, 1.807) is 12.1 Å². The van der Waals surface area contributed by atoms with Crippen molar-refractivity contribution in [1.82, 2.24) is 15.0 Å². The molecule has 0 bridgehead atoms. The van der Waals surface area contributed by atoms with Gasteiger partial charge in [-0.1, -0.05) is 30.1 Å². The van der Waals surface area contributed by atoms with Crippen molar-refractivity contribution in [2.75, 3.05) is 13.1 Å². The van der Waals surface area contributed by atoms with E-state index in [1.807, 2.05) is 17.0 Å². The van der Waals surface area contributed by atoms with Gasteiger partial charge in [-0.15, -0.1) is 0 Å². The Hall–Kier alpha value is -1.88. The predicted molar refractivity (Wildman–Crippen MR) is 92.7 cm³/mol. The van der Waals surface area contributed by atoms with Crippen molar-refractivity contribution < 1.29 is 9.32 Å². The van der Waals surface area contributed by atoms with Gasteiger partial charge in [-0.2, -0.15) is 4.98 Å². The molecule has 1 fully saturated rings. The highest BCUT2D eigenvalue weighted by Crippen LogP contribution is 2.28. The summed E-state index contributed by atoms with van der Waals surface area (Å²) < 4.78 is 5.33. The molecule has 0 spiro atoms. The van der Waals surface area contributed by atoms with E-state index in [0.29, 0.717) is 29.7 Å². The molecule has 1 heterocycles. The molecule has 1 aromatic carbocycles. The van der Waals surface area contributed by atoms with Crippen molar-refractivity contribution in [2.45, 2.75) is 39.0 Å². The summed E-state index contributed by atoms with van der Waals surface area (Å²) >= 11 is 5.89. The monoisotopic (exact) mass is 347 g/mol. The van der Waals surface area contributed by atoms with Crippen LogP contribution in [-0.2, 0) is 11.2 Å². The fourth-order valence-corrected chi connectivity index (χ4v) is 2.94. The van der Waals surface area contributed by atoms with E-state index in [9.17, 15) is 4.79 Å². The molecule has 0 atom stereocenters. The van der Waals surface area contributed by atoms with E-state index in [1.165, 1.54) is 6.42 Å². The van der Waals surface area contributed by atoms with Gasteiger partial charge in [-0.05, 0) is 43.5 Å². The molecule has 0 unspecified atom stereocenters. The Bertz CT molecular complexity index is 680. The Balaban J connectivity index is 1.60. The third-order valence-electron chi connectivity index (χ3n) is 4.43. The normalized spacial score (nSPS) is 14.4. The fourth-order valence-electron chi connectivity index (χ4n) is 2.82. The average Bonchev–Trinajstić information content (AvgIpc) is 2.99. The lowest BCUT2D eigenvalue weighted by molar-refractivity contribution is -0.138. The van der Waals surface area contributed by atoms with Gasteiger partial charge in [0.15, 0.2) is 0 Å². The highest BCUT2D eigenvalue weighted by atomic mass is 35.5. The second-order valence-corrected chi connectivity index (χ2v) is 6.66. The first-order valence-electron chi connectivity index (χ1n) is 8.54. The van der Waals surface area contributed by atoms with Gasteiger partial charge >= 0.3 is 0 Å². The van der Waals surface area contributed by atoms with Gasteiger partial charge in [0.2, 0.25) is 17.6 Å². The van der Waals surface area contributed by atoms with Crippen LogP contribution in [-0.4, -0.2) is 34.0 Å². The van der Waals surface area contributed by atoms with Crippen molar-refractivity contribution in [2.24, 2.45) is 5.92 Å². The standard InChI is InChI=1S/C18H22ClN3O2/c1-2-11-22(18(23)14-4-3-5-14)12-10-16-20-17(21-24-16)13-6-8-15(19)9-7-13/h6-9,14H,2-5,10-12H2,1H3. The lowest BCUT2D eigenvalue weighted by Crippen LogP contribution is -2.40. The van der Waals surface area contributed by atoms with Crippen molar-refractivity contribution in [3.63, 3.8) is 0 Å². The van der Waals surface area contributed by atoms with E-state index >= 15 is 0 Å². The van der Waals surface area contributed by atoms with E-state index in [-0.39, 0.29) is 11.8 Å². The number of amides is 1. The SMILES string of the molecule is CCCN(CCc1nc(-c2ccc(Cl)cc2)no1)C(=O)C1CCC1. The number of nitrogens with zero attached hydrogens (tertiary/aromatic N) is 3. The highest BCUT2D eigenvalue weighted by Gasteiger charge is 2.29. The molecule has 0 aliphatic heterocycles. The topological polar surface area (TPSA) is 59.2 Å². The Labute approximate surface area is 147 Å². The number of carbonyl (C=O) groups excluding carboxylic acids is 1. The quantitative estimate of drug-likeness (QED) is 0.760. The Morgan fingerprint density at radius 3 is 2.67 bits per heavy atom. The zero-order valence-corrected chi connectivity index (χ0v) is 14.6. The van der Waals surface area contributed by atoms with Gasteiger partial charge in [-0.3, -0.25) is 4.79 Å². The zero-order chi connectivity index (χ0) is 16.9. The van der Waals surface area contributed by atoms with Gasteiger partial charge < -0.3 is 9.42 Å². The average molecular weight is 348 g/mol. The fraction of sp³-hybridized carbons (Fsp3) is 0.500. The summed E-state index contributed by atoms with van der Waals surface area (Å²) in [5.74, 6) is 1.61. The van der Waals surface area contributed by atoms with E-state index in [2.05, 4.69) is 17.1 Å². The second kappa shape index (κ2) is 7.79. The maximum atomic E-state index is 12.4. The summed E-state index contributed by atoms with van der Waals surface area (Å²) in [5.41, 5.74) is 0.866. The van der Waals surface area contributed by atoms with Crippen LogP contribution in [0.3, 0.4) is 0 Å². The summed E-state index contributed by atoms with van der Waals surface area (Å²) in [6, 6.07) is 7.32. The molecule has 1 aliphatic carbocycles. The Morgan fingerprint density at radius 1 is 1.29 bits per heavy atom. The lowest BCUT2D eigenvalue weighted by Gasteiger charge is -2.31. The molecule has 1 amide bonds. The number of aromatic nitrogens is 2. The number of rotatable bonds is 7. The van der Waals surface area contributed by atoms with Crippen LogP contribution in [0.25, 0.3) is 11.4 Å². The molecule has 0 radical (unpaired) electrons. The molecule has 1 aromatic heterocycles. The number of benzene rings is 1. The third-order valence-corrected chi connectivity index (χ3v) is 4.68. The van der Waals surface area contributed by atoms with Crippen LogP contribution in [0, 0.1) is 5.92 Å². The molecular formula is C18H22ClN3O2. The summed E-state index contributed by atoms with van der Waals surface area (Å²) in [6.45, 7) is 3.51. The molecule has 0 N–H and O–H groups in total. The number of halogens is 1. The molecule has 1 saturated carbocycles. The zero-order valence-electron chi connectivity index (χ0n) is 13.9. The van der Waals surface area contributed by atoms with Crippen LogP contribution >= 0.6 is 11.6 Å². The van der Waals surface area contributed by atoms with Crippen LogP contribution in [0.2, 0.25) is 5.02 Å². The van der Waals surface area contributed by atoms with Crippen molar-refractivity contribution in [3.8, 4) is 11.4 Å². The van der Waals surface area contributed by atoms with E-state index in [4.69, 9.17) is 16.1 Å².